The van der Waals surface area contributed by atoms with Gasteiger partial charge in [-0.15, -0.1) is 16.8 Å². The van der Waals surface area contributed by atoms with Crippen LogP contribution in [0.25, 0.3) is 11.4 Å². The van der Waals surface area contributed by atoms with Gasteiger partial charge in [0, 0.05) is 22.3 Å². The number of rotatable bonds is 7. The average Bonchev–Trinajstić information content (AvgIpc) is 3.07. The van der Waals surface area contributed by atoms with E-state index >= 15 is 0 Å². The van der Waals surface area contributed by atoms with Crippen LogP contribution in [-0.4, -0.2) is 26.4 Å². The molecule has 0 unspecified atom stereocenters. The summed E-state index contributed by atoms with van der Waals surface area (Å²) in [5.74, 6) is 0.813. The molecule has 0 aliphatic carbocycles. The van der Waals surface area contributed by atoms with Crippen molar-refractivity contribution in [2.45, 2.75) is 18.6 Å². The zero-order chi connectivity index (χ0) is 20.1. The van der Waals surface area contributed by atoms with Crippen LogP contribution < -0.4 is 5.32 Å². The third-order valence-electron chi connectivity index (χ3n) is 3.87. The summed E-state index contributed by atoms with van der Waals surface area (Å²) in [6.07, 6.45) is 1.79. The second-order valence-electron chi connectivity index (χ2n) is 6.04. The Labute approximate surface area is 181 Å². The molecule has 0 aliphatic rings. The second-order valence-corrected chi connectivity index (χ2v) is 8.24. The topological polar surface area (TPSA) is 59.8 Å². The van der Waals surface area contributed by atoms with Crippen molar-refractivity contribution < 1.29 is 4.79 Å². The van der Waals surface area contributed by atoms with Gasteiger partial charge in [0.1, 0.15) is 0 Å². The van der Waals surface area contributed by atoms with E-state index in [-0.39, 0.29) is 11.7 Å². The molecule has 0 spiro atoms. The van der Waals surface area contributed by atoms with Crippen LogP contribution in [0.1, 0.15) is 5.56 Å². The number of aryl methyl sites for hydroxylation is 1. The maximum Gasteiger partial charge on any atom is 0.234 e. The molecule has 0 saturated carbocycles. The number of carbonyl (C=O) groups excluding carboxylic acids is 1. The van der Waals surface area contributed by atoms with Gasteiger partial charge in [0.15, 0.2) is 11.0 Å². The molecule has 3 rings (SSSR count). The van der Waals surface area contributed by atoms with Gasteiger partial charge in [-0.2, -0.15) is 0 Å². The Kier molecular flexibility index (Phi) is 6.93. The number of halogens is 2. The molecule has 0 saturated heterocycles. The number of anilines is 1. The largest absolute Gasteiger partial charge is 0.325 e. The summed E-state index contributed by atoms with van der Waals surface area (Å²) >= 11 is 10.7. The number of hydrogen-bond donors (Lipinski definition) is 1. The minimum atomic E-state index is -0.145. The van der Waals surface area contributed by atoms with Crippen LogP contribution in [0.5, 0.6) is 0 Å². The van der Waals surface area contributed by atoms with E-state index in [0.29, 0.717) is 22.4 Å². The molecule has 3 aromatic rings. The van der Waals surface area contributed by atoms with Gasteiger partial charge in [0.25, 0.3) is 0 Å². The fraction of sp³-hybridized carbons (Fsp3) is 0.150. The summed E-state index contributed by atoms with van der Waals surface area (Å²) in [5, 5.41) is 12.6. The number of amides is 1. The Balaban J connectivity index is 1.71. The van der Waals surface area contributed by atoms with Crippen LogP contribution in [0.3, 0.4) is 0 Å². The van der Waals surface area contributed by atoms with Gasteiger partial charge in [-0.25, -0.2) is 0 Å². The van der Waals surface area contributed by atoms with Gasteiger partial charge in [-0.3, -0.25) is 9.36 Å². The van der Waals surface area contributed by atoms with E-state index in [4.69, 9.17) is 11.6 Å². The predicted octanol–water partition coefficient (Wildman–Crippen LogP) is 5.59. The van der Waals surface area contributed by atoms with Crippen molar-refractivity contribution in [2.24, 2.45) is 0 Å². The molecule has 28 heavy (non-hydrogen) atoms. The number of thioether (sulfide) groups is 1. The molecule has 0 atom stereocenters. The molecular weight excluding hydrogens is 460 g/mol. The standard InChI is InChI=1S/C20H18BrClN4OS/c1-3-10-26-19(14-6-4-13(2)5-7-14)24-25-20(26)28-12-18(27)23-15-8-9-16(21)17(22)11-15/h3-9,11H,1,10,12H2,2H3,(H,23,27). The van der Waals surface area contributed by atoms with Crippen molar-refractivity contribution >= 4 is 50.9 Å². The first-order valence-corrected chi connectivity index (χ1v) is 10.6. The first-order valence-electron chi connectivity index (χ1n) is 8.46. The van der Waals surface area contributed by atoms with Crippen LogP contribution in [-0.2, 0) is 11.3 Å². The smallest absolute Gasteiger partial charge is 0.234 e. The van der Waals surface area contributed by atoms with Crippen molar-refractivity contribution in [3.63, 3.8) is 0 Å². The van der Waals surface area contributed by atoms with E-state index in [1.54, 1.807) is 24.3 Å². The molecule has 5 nitrogen and oxygen atoms in total. The third kappa shape index (κ3) is 5.04. The van der Waals surface area contributed by atoms with Crippen LogP contribution in [0, 0.1) is 6.92 Å². The highest BCUT2D eigenvalue weighted by atomic mass is 79.9. The molecule has 0 bridgehead atoms. The van der Waals surface area contributed by atoms with Gasteiger partial charge in [0.05, 0.1) is 10.8 Å². The summed E-state index contributed by atoms with van der Waals surface area (Å²) < 4.78 is 2.73. The Morgan fingerprint density at radius 2 is 2.04 bits per heavy atom. The summed E-state index contributed by atoms with van der Waals surface area (Å²) in [6.45, 7) is 6.41. The van der Waals surface area contributed by atoms with Crippen molar-refractivity contribution in [1.29, 1.82) is 0 Å². The number of aromatic nitrogens is 3. The minimum absolute atomic E-state index is 0.145. The molecule has 1 N–H and O–H groups in total. The number of nitrogens with one attached hydrogen (secondary N) is 1. The molecule has 0 fully saturated rings. The highest BCUT2D eigenvalue weighted by Crippen LogP contribution is 2.27. The zero-order valence-corrected chi connectivity index (χ0v) is 18.3. The molecular formula is C20H18BrClN4OS. The van der Waals surface area contributed by atoms with Crippen LogP contribution in [0.4, 0.5) is 5.69 Å². The molecule has 8 heteroatoms. The van der Waals surface area contributed by atoms with Crippen molar-refractivity contribution in [2.75, 3.05) is 11.1 Å². The number of nitrogens with zero attached hydrogens (tertiary/aromatic N) is 3. The van der Waals surface area contributed by atoms with Crippen LogP contribution in [0.2, 0.25) is 5.02 Å². The lowest BCUT2D eigenvalue weighted by atomic mass is 10.1. The van der Waals surface area contributed by atoms with Gasteiger partial charge >= 0.3 is 0 Å². The summed E-state index contributed by atoms with van der Waals surface area (Å²) in [6, 6.07) is 13.4. The first-order chi connectivity index (χ1) is 13.5. The monoisotopic (exact) mass is 476 g/mol. The van der Waals surface area contributed by atoms with Gasteiger partial charge in [-0.1, -0.05) is 59.3 Å². The molecule has 0 aliphatic heterocycles. The minimum Gasteiger partial charge on any atom is -0.325 e. The maximum atomic E-state index is 12.3. The zero-order valence-electron chi connectivity index (χ0n) is 15.2. The quantitative estimate of drug-likeness (QED) is 0.356. The first kappa shape index (κ1) is 20.6. The SMILES string of the molecule is C=CCn1c(SCC(=O)Nc2ccc(Br)c(Cl)c2)nnc1-c1ccc(C)cc1. The lowest BCUT2D eigenvalue weighted by Crippen LogP contribution is -2.14. The molecule has 2 aromatic carbocycles. The van der Waals surface area contributed by atoms with E-state index in [1.807, 2.05) is 35.8 Å². The van der Waals surface area contributed by atoms with Crippen LogP contribution >= 0.6 is 39.3 Å². The lowest BCUT2D eigenvalue weighted by molar-refractivity contribution is -0.113. The van der Waals surface area contributed by atoms with Crippen LogP contribution in [0.15, 0.2) is 64.7 Å². The van der Waals surface area contributed by atoms with E-state index < -0.39 is 0 Å². The Morgan fingerprint density at radius 3 is 2.71 bits per heavy atom. The number of benzene rings is 2. The van der Waals surface area contributed by atoms with Crippen molar-refractivity contribution in [3.05, 3.63) is 70.2 Å². The normalized spacial score (nSPS) is 10.7. The fourth-order valence-corrected chi connectivity index (χ4v) is 3.68. The Bertz CT molecular complexity index is 1000. The van der Waals surface area contributed by atoms with Crippen molar-refractivity contribution in [3.8, 4) is 11.4 Å². The second kappa shape index (κ2) is 9.41. The molecule has 0 radical (unpaired) electrons. The lowest BCUT2D eigenvalue weighted by Gasteiger charge is -2.09. The predicted molar refractivity (Wildman–Crippen MR) is 119 cm³/mol. The highest BCUT2D eigenvalue weighted by Gasteiger charge is 2.15. The summed E-state index contributed by atoms with van der Waals surface area (Å²) in [4.78, 5) is 12.3. The Morgan fingerprint density at radius 1 is 1.29 bits per heavy atom. The van der Waals surface area contributed by atoms with Crippen molar-refractivity contribution in [1.82, 2.24) is 14.8 Å². The van der Waals surface area contributed by atoms with Gasteiger partial charge in [0.2, 0.25) is 5.91 Å². The average molecular weight is 478 g/mol. The van der Waals surface area contributed by atoms with E-state index in [9.17, 15) is 4.79 Å². The number of allylic oxidation sites excluding steroid dienone is 1. The molecule has 1 aromatic heterocycles. The molecule has 1 heterocycles. The van der Waals surface area contributed by atoms with Gasteiger partial charge in [-0.05, 0) is 41.1 Å². The van der Waals surface area contributed by atoms with E-state index in [1.165, 1.54) is 17.3 Å². The van der Waals surface area contributed by atoms with Gasteiger partial charge < -0.3 is 5.32 Å². The number of carbonyl (C=O) groups is 1. The molecule has 1 amide bonds. The van der Waals surface area contributed by atoms with E-state index in [2.05, 4.69) is 38.0 Å². The maximum absolute atomic E-state index is 12.3. The fourth-order valence-electron chi connectivity index (χ4n) is 2.51. The summed E-state index contributed by atoms with van der Waals surface area (Å²) in [5.41, 5.74) is 2.80. The molecule has 144 valence electrons. The third-order valence-corrected chi connectivity index (χ3v) is 6.07. The summed E-state index contributed by atoms with van der Waals surface area (Å²) in [7, 11) is 0. The Hall–Kier alpha value is -2.09. The van der Waals surface area contributed by atoms with E-state index in [0.717, 1.165) is 15.9 Å². The highest BCUT2D eigenvalue weighted by molar-refractivity contribution is 9.10. The number of hydrogen-bond acceptors (Lipinski definition) is 4.